The molecule has 1 saturated carbocycles. The third kappa shape index (κ3) is 4.39. The Labute approximate surface area is 79.4 Å². The molecule has 0 aliphatic heterocycles. The summed E-state index contributed by atoms with van der Waals surface area (Å²) in [4.78, 5) is 10.6. The van der Waals surface area contributed by atoms with Crippen LogP contribution in [0.2, 0.25) is 0 Å². The van der Waals surface area contributed by atoms with Gasteiger partial charge in [0.15, 0.2) is 0 Å². The maximum atomic E-state index is 10.6. The molecule has 0 aromatic rings. The molecule has 3 nitrogen and oxygen atoms in total. The van der Waals surface area contributed by atoms with E-state index in [1.54, 1.807) is 0 Å². The molecule has 0 aromatic carbocycles. The molecule has 76 valence electrons. The van der Waals surface area contributed by atoms with Crippen molar-refractivity contribution in [3.8, 4) is 0 Å². The van der Waals surface area contributed by atoms with Crippen LogP contribution in [0.5, 0.6) is 0 Å². The van der Waals surface area contributed by atoms with E-state index >= 15 is 0 Å². The first kappa shape index (κ1) is 10.7. The van der Waals surface area contributed by atoms with Gasteiger partial charge in [-0.05, 0) is 5.92 Å². The van der Waals surface area contributed by atoms with Crippen molar-refractivity contribution in [3.63, 3.8) is 0 Å². The Morgan fingerprint density at radius 1 is 1.38 bits per heavy atom. The van der Waals surface area contributed by atoms with Gasteiger partial charge in [-0.2, -0.15) is 0 Å². The van der Waals surface area contributed by atoms with Crippen molar-refractivity contribution in [1.82, 2.24) is 0 Å². The average Bonchev–Trinajstić information content (AvgIpc) is 1.99. The van der Waals surface area contributed by atoms with Gasteiger partial charge in [-0.1, -0.05) is 13.8 Å². The quantitative estimate of drug-likeness (QED) is 0.588. The first-order chi connectivity index (χ1) is 6.18. The Bertz CT molecular complexity index is 158. The Morgan fingerprint density at radius 2 is 2.08 bits per heavy atom. The minimum atomic E-state index is 0.176. The second kappa shape index (κ2) is 5.35. The normalized spacial score (nSPS) is 17.9. The van der Waals surface area contributed by atoms with E-state index in [1.807, 2.05) is 0 Å². The molecule has 0 amide bonds. The molecule has 13 heavy (non-hydrogen) atoms. The molecule has 0 bridgehead atoms. The standard InChI is InChI=1S/C10H18O3/c1-8(2)7-12-3-4-13-10-5-9(11)6-10/h8,10H,3-7H2,1-2H3. The highest BCUT2D eigenvalue weighted by Crippen LogP contribution is 2.17. The highest BCUT2D eigenvalue weighted by atomic mass is 16.5. The van der Waals surface area contributed by atoms with Gasteiger partial charge in [0, 0.05) is 19.4 Å². The summed E-state index contributed by atoms with van der Waals surface area (Å²) in [6.45, 7) is 6.28. The highest BCUT2D eigenvalue weighted by molar-refractivity contribution is 5.85. The summed E-state index contributed by atoms with van der Waals surface area (Å²) in [7, 11) is 0. The molecule has 1 rings (SSSR count). The van der Waals surface area contributed by atoms with Crippen LogP contribution in [0.25, 0.3) is 0 Å². The zero-order chi connectivity index (χ0) is 9.68. The lowest BCUT2D eigenvalue weighted by molar-refractivity contribution is -0.135. The van der Waals surface area contributed by atoms with Crippen molar-refractivity contribution >= 4 is 5.78 Å². The maximum Gasteiger partial charge on any atom is 0.138 e. The van der Waals surface area contributed by atoms with Crippen molar-refractivity contribution in [2.45, 2.75) is 32.8 Å². The lowest BCUT2D eigenvalue weighted by Crippen LogP contribution is -2.32. The Hall–Kier alpha value is -0.410. The van der Waals surface area contributed by atoms with Crippen molar-refractivity contribution in [2.24, 2.45) is 5.92 Å². The highest BCUT2D eigenvalue weighted by Gasteiger charge is 2.26. The zero-order valence-electron chi connectivity index (χ0n) is 8.41. The molecule has 3 heteroatoms. The summed E-state index contributed by atoms with van der Waals surface area (Å²) in [5.74, 6) is 0.887. The van der Waals surface area contributed by atoms with Gasteiger partial charge in [0.2, 0.25) is 0 Å². The minimum absolute atomic E-state index is 0.176. The summed E-state index contributed by atoms with van der Waals surface area (Å²) >= 11 is 0. The summed E-state index contributed by atoms with van der Waals surface area (Å²) in [6.07, 6.45) is 1.38. The Balaban J connectivity index is 1.82. The molecule has 0 unspecified atom stereocenters. The number of Topliss-reactive ketones (excluding diaryl/α,β-unsaturated/α-hetero) is 1. The molecular formula is C10H18O3. The first-order valence-corrected chi connectivity index (χ1v) is 4.89. The average molecular weight is 186 g/mol. The third-order valence-electron chi connectivity index (χ3n) is 1.94. The molecule has 1 aliphatic rings. The molecular weight excluding hydrogens is 168 g/mol. The molecule has 0 heterocycles. The molecule has 0 saturated heterocycles. The van der Waals surface area contributed by atoms with E-state index in [1.165, 1.54) is 0 Å². The maximum absolute atomic E-state index is 10.6. The van der Waals surface area contributed by atoms with Gasteiger partial charge in [0.05, 0.1) is 19.3 Å². The summed E-state index contributed by atoms with van der Waals surface area (Å²) in [5.41, 5.74) is 0. The minimum Gasteiger partial charge on any atom is -0.379 e. The van der Waals surface area contributed by atoms with Crippen molar-refractivity contribution in [3.05, 3.63) is 0 Å². The Morgan fingerprint density at radius 3 is 2.62 bits per heavy atom. The number of carbonyl (C=O) groups excluding carboxylic acids is 1. The van der Waals surface area contributed by atoms with E-state index < -0.39 is 0 Å². The van der Waals surface area contributed by atoms with Crippen molar-refractivity contribution in [2.75, 3.05) is 19.8 Å². The topological polar surface area (TPSA) is 35.5 Å². The van der Waals surface area contributed by atoms with Gasteiger partial charge < -0.3 is 9.47 Å². The molecule has 0 radical (unpaired) electrons. The zero-order valence-corrected chi connectivity index (χ0v) is 8.41. The molecule has 0 N–H and O–H groups in total. The number of hydrogen-bond acceptors (Lipinski definition) is 3. The molecule has 0 aromatic heterocycles. The second-order valence-corrected chi connectivity index (χ2v) is 3.91. The largest absolute Gasteiger partial charge is 0.379 e. The third-order valence-corrected chi connectivity index (χ3v) is 1.94. The predicted molar refractivity (Wildman–Crippen MR) is 49.6 cm³/mol. The van der Waals surface area contributed by atoms with Crippen LogP contribution in [0.1, 0.15) is 26.7 Å². The molecule has 1 aliphatic carbocycles. The first-order valence-electron chi connectivity index (χ1n) is 4.89. The van der Waals surface area contributed by atoms with Crippen LogP contribution in [0.15, 0.2) is 0 Å². The predicted octanol–water partition coefficient (Wildman–Crippen LogP) is 1.41. The lowest BCUT2D eigenvalue weighted by atomic mass is 9.94. The second-order valence-electron chi connectivity index (χ2n) is 3.91. The fraction of sp³-hybridized carbons (Fsp3) is 0.900. The fourth-order valence-electron chi connectivity index (χ4n) is 1.16. The summed E-state index contributed by atoms with van der Waals surface area (Å²) in [6, 6.07) is 0. The van der Waals surface area contributed by atoms with Crippen LogP contribution in [0.4, 0.5) is 0 Å². The van der Waals surface area contributed by atoms with E-state index in [2.05, 4.69) is 13.8 Å². The monoisotopic (exact) mass is 186 g/mol. The number of ether oxygens (including phenoxy) is 2. The molecule has 0 atom stereocenters. The smallest absolute Gasteiger partial charge is 0.138 e. The van der Waals surface area contributed by atoms with Crippen LogP contribution >= 0.6 is 0 Å². The molecule has 0 spiro atoms. The van der Waals surface area contributed by atoms with Gasteiger partial charge in [0.1, 0.15) is 5.78 Å². The lowest BCUT2D eigenvalue weighted by Gasteiger charge is -2.24. The van der Waals surface area contributed by atoms with Gasteiger partial charge in [-0.25, -0.2) is 0 Å². The fourth-order valence-corrected chi connectivity index (χ4v) is 1.16. The van der Waals surface area contributed by atoms with Crippen molar-refractivity contribution in [1.29, 1.82) is 0 Å². The molecule has 1 fully saturated rings. The Kier molecular flexibility index (Phi) is 4.39. The van der Waals surface area contributed by atoms with Gasteiger partial charge in [-0.3, -0.25) is 4.79 Å². The van der Waals surface area contributed by atoms with Crippen LogP contribution in [0.3, 0.4) is 0 Å². The van der Waals surface area contributed by atoms with Crippen LogP contribution in [-0.2, 0) is 14.3 Å². The van der Waals surface area contributed by atoms with Crippen molar-refractivity contribution < 1.29 is 14.3 Å². The number of rotatable bonds is 6. The van der Waals surface area contributed by atoms with Gasteiger partial charge in [-0.15, -0.1) is 0 Å². The summed E-state index contributed by atoms with van der Waals surface area (Å²) in [5, 5.41) is 0. The van der Waals surface area contributed by atoms with Crippen LogP contribution in [-0.4, -0.2) is 31.7 Å². The van der Waals surface area contributed by atoms with E-state index in [9.17, 15) is 4.79 Å². The number of hydrogen-bond donors (Lipinski definition) is 0. The van der Waals surface area contributed by atoms with E-state index in [0.29, 0.717) is 37.8 Å². The number of ketones is 1. The van der Waals surface area contributed by atoms with Crippen LogP contribution in [0, 0.1) is 5.92 Å². The van der Waals surface area contributed by atoms with E-state index in [-0.39, 0.29) is 6.10 Å². The SMILES string of the molecule is CC(C)COCCOC1CC(=O)C1. The van der Waals surface area contributed by atoms with E-state index in [4.69, 9.17) is 9.47 Å². The van der Waals surface area contributed by atoms with Gasteiger partial charge >= 0.3 is 0 Å². The summed E-state index contributed by atoms with van der Waals surface area (Å²) < 4.78 is 10.7. The number of carbonyl (C=O) groups is 1. The van der Waals surface area contributed by atoms with E-state index in [0.717, 1.165) is 6.61 Å². The van der Waals surface area contributed by atoms with Gasteiger partial charge in [0.25, 0.3) is 0 Å². The van der Waals surface area contributed by atoms with Crippen LogP contribution < -0.4 is 0 Å².